The second kappa shape index (κ2) is 6.26. The van der Waals surface area contributed by atoms with Crippen LogP contribution in [0.4, 0.5) is 0 Å². The standard InChI is InChI=1S/C19H20N2O2/c1-13-7-9-14(10-8-13)19(23)20-11-18(22)16-12-21(2)17-6-4-3-5-15(16)17/h3-10,12,18,22H,11H2,1-2H3,(H,20,23). The van der Waals surface area contributed by atoms with Gasteiger partial charge in [0.1, 0.15) is 0 Å². The number of rotatable bonds is 4. The molecule has 3 rings (SSSR count). The van der Waals surface area contributed by atoms with Crippen LogP contribution in [0.25, 0.3) is 10.9 Å². The first-order valence-electron chi connectivity index (χ1n) is 7.63. The van der Waals surface area contributed by atoms with Gasteiger partial charge >= 0.3 is 0 Å². The first-order valence-corrected chi connectivity index (χ1v) is 7.63. The van der Waals surface area contributed by atoms with Gasteiger partial charge in [0, 0.05) is 41.8 Å². The molecule has 1 unspecified atom stereocenters. The summed E-state index contributed by atoms with van der Waals surface area (Å²) in [7, 11) is 1.95. The molecule has 2 aromatic carbocycles. The van der Waals surface area contributed by atoms with Gasteiger partial charge in [-0.1, -0.05) is 35.9 Å². The Labute approximate surface area is 135 Å². The normalized spacial score (nSPS) is 12.3. The van der Waals surface area contributed by atoms with E-state index in [2.05, 4.69) is 5.32 Å². The largest absolute Gasteiger partial charge is 0.386 e. The number of aromatic nitrogens is 1. The zero-order valence-corrected chi connectivity index (χ0v) is 13.3. The van der Waals surface area contributed by atoms with E-state index in [-0.39, 0.29) is 12.5 Å². The summed E-state index contributed by atoms with van der Waals surface area (Å²) in [5.74, 6) is -0.177. The Morgan fingerprint density at radius 1 is 1.17 bits per heavy atom. The highest BCUT2D eigenvalue weighted by molar-refractivity contribution is 5.94. The molecule has 0 saturated carbocycles. The summed E-state index contributed by atoms with van der Waals surface area (Å²) in [6.07, 6.45) is 1.17. The molecule has 1 aromatic heterocycles. The SMILES string of the molecule is Cc1ccc(C(=O)NCC(O)c2cn(C)c3ccccc23)cc1. The van der Waals surface area contributed by atoms with Crippen LogP contribution in [0.3, 0.4) is 0 Å². The molecule has 0 fully saturated rings. The molecule has 0 spiro atoms. The number of nitrogens with zero attached hydrogens (tertiary/aromatic N) is 1. The molecule has 0 saturated heterocycles. The van der Waals surface area contributed by atoms with Crippen LogP contribution >= 0.6 is 0 Å². The van der Waals surface area contributed by atoms with Gasteiger partial charge in [0.15, 0.2) is 0 Å². The van der Waals surface area contributed by atoms with Crippen molar-refractivity contribution in [3.8, 4) is 0 Å². The van der Waals surface area contributed by atoms with Crippen molar-refractivity contribution < 1.29 is 9.90 Å². The van der Waals surface area contributed by atoms with Gasteiger partial charge in [-0.2, -0.15) is 0 Å². The van der Waals surface area contributed by atoms with Crippen LogP contribution in [0, 0.1) is 6.92 Å². The lowest BCUT2D eigenvalue weighted by molar-refractivity contribution is 0.0917. The molecule has 0 aliphatic rings. The Morgan fingerprint density at radius 2 is 1.87 bits per heavy atom. The van der Waals surface area contributed by atoms with E-state index in [0.29, 0.717) is 5.56 Å². The molecule has 0 aliphatic heterocycles. The van der Waals surface area contributed by atoms with E-state index in [9.17, 15) is 9.90 Å². The molecule has 2 N–H and O–H groups in total. The fourth-order valence-corrected chi connectivity index (χ4v) is 2.74. The third-order valence-corrected chi connectivity index (χ3v) is 4.06. The van der Waals surface area contributed by atoms with Crippen molar-refractivity contribution in [3.63, 3.8) is 0 Å². The molecular formula is C19H20N2O2. The average molecular weight is 308 g/mol. The maximum absolute atomic E-state index is 12.1. The minimum absolute atomic E-state index is 0.177. The molecule has 23 heavy (non-hydrogen) atoms. The summed E-state index contributed by atoms with van der Waals surface area (Å²) in [5.41, 5.74) is 3.59. The molecule has 1 atom stereocenters. The van der Waals surface area contributed by atoms with Crippen LogP contribution in [0.5, 0.6) is 0 Å². The zero-order valence-electron chi connectivity index (χ0n) is 13.3. The highest BCUT2D eigenvalue weighted by Gasteiger charge is 2.15. The number of fused-ring (bicyclic) bond motifs is 1. The number of aliphatic hydroxyl groups is 1. The molecule has 118 valence electrons. The predicted octanol–water partition coefficient (Wildman–Crippen LogP) is 2.95. The molecule has 0 aliphatic carbocycles. The van der Waals surface area contributed by atoms with Crippen molar-refractivity contribution in [3.05, 3.63) is 71.4 Å². The second-order valence-corrected chi connectivity index (χ2v) is 5.80. The van der Waals surface area contributed by atoms with Gasteiger partial charge in [0.25, 0.3) is 5.91 Å². The Morgan fingerprint density at radius 3 is 2.61 bits per heavy atom. The Hall–Kier alpha value is -2.59. The molecule has 0 bridgehead atoms. The van der Waals surface area contributed by atoms with Crippen molar-refractivity contribution in [1.82, 2.24) is 9.88 Å². The fourth-order valence-electron chi connectivity index (χ4n) is 2.74. The van der Waals surface area contributed by atoms with E-state index >= 15 is 0 Å². The lowest BCUT2D eigenvalue weighted by atomic mass is 10.1. The van der Waals surface area contributed by atoms with Gasteiger partial charge < -0.3 is 15.0 Å². The molecule has 0 radical (unpaired) electrons. The smallest absolute Gasteiger partial charge is 0.251 e. The summed E-state index contributed by atoms with van der Waals surface area (Å²) in [4.78, 5) is 12.1. The molecule has 4 heteroatoms. The molecular weight excluding hydrogens is 288 g/mol. The lowest BCUT2D eigenvalue weighted by Crippen LogP contribution is -2.28. The third kappa shape index (κ3) is 3.12. The van der Waals surface area contributed by atoms with Crippen molar-refractivity contribution in [2.75, 3.05) is 6.54 Å². The minimum Gasteiger partial charge on any atom is -0.386 e. The molecule has 1 heterocycles. The van der Waals surface area contributed by atoms with Crippen molar-refractivity contribution in [2.24, 2.45) is 7.05 Å². The zero-order chi connectivity index (χ0) is 16.4. The van der Waals surface area contributed by atoms with Gasteiger partial charge in [-0.15, -0.1) is 0 Å². The van der Waals surface area contributed by atoms with E-state index in [0.717, 1.165) is 22.0 Å². The molecule has 3 aromatic rings. The van der Waals surface area contributed by atoms with E-state index in [4.69, 9.17) is 0 Å². The van der Waals surface area contributed by atoms with E-state index in [1.165, 1.54) is 0 Å². The molecule has 1 amide bonds. The summed E-state index contributed by atoms with van der Waals surface area (Å²) in [5, 5.41) is 14.2. The second-order valence-electron chi connectivity index (χ2n) is 5.80. The number of aliphatic hydroxyl groups excluding tert-OH is 1. The van der Waals surface area contributed by atoms with Crippen LogP contribution < -0.4 is 5.32 Å². The average Bonchev–Trinajstić information content (AvgIpc) is 2.90. The fraction of sp³-hybridized carbons (Fsp3) is 0.211. The third-order valence-electron chi connectivity index (χ3n) is 4.06. The predicted molar refractivity (Wildman–Crippen MR) is 91.4 cm³/mol. The maximum atomic E-state index is 12.1. The Balaban J connectivity index is 1.72. The summed E-state index contributed by atoms with van der Waals surface area (Å²) >= 11 is 0. The van der Waals surface area contributed by atoms with Gasteiger partial charge in [-0.3, -0.25) is 4.79 Å². The van der Waals surface area contributed by atoms with Crippen LogP contribution in [-0.2, 0) is 7.05 Å². The number of aryl methyl sites for hydroxylation is 2. The summed E-state index contributed by atoms with van der Waals surface area (Å²) in [6.45, 7) is 2.16. The number of amides is 1. The highest BCUT2D eigenvalue weighted by atomic mass is 16.3. The van der Waals surface area contributed by atoms with Crippen molar-refractivity contribution in [1.29, 1.82) is 0 Å². The number of para-hydroxylation sites is 1. The van der Waals surface area contributed by atoms with Gasteiger partial charge in [-0.05, 0) is 25.1 Å². The van der Waals surface area contributed by atoms with Crippen molar-refractivity contribution in [2.45, 2.75) is 13.0 Å². The quantitative estimate of drug-likeness (QED) is 0.778. The number of carbonyl (C=O) groups is 1. The monoisotopic (exact) mass is 308 g/mol. The number of carbonyl (C=O) groups excluding carboxylic acids is 1. The maximum Gasteiger partial charge on any atom is 0.251 e. The van der Waals surface area contributed by atoms with Crippen LogP contribution in [0.15, 0.2) is 54.7 Å². The van der Waals surface area contributed by atoms with Crippen LogP contribution in [0.2, 0.25) is 0 Å². The minimum atomic E-state index is -0.740. The van der Waals surface area contributed by atoms with Crippen LogP contribution in [-0.4, -0.2) is 22.1 Å². The first kappa shape index (κ1) is 15.3. The molecule has 4 nitrogen and oxygen atoms in total. The van der Waals surface area contributed by atoms with Gasteiger partial charge in [0.05, 0.1) is 6.10 Å². The summed E-state index contributed by atoms with van der Waals surface area (Å²) in [6, 6.07) is 15.3. The first-order chi connectivity index (χ1) is 11.1. The topological polar surface area (TPSA) is 54.3 Å². The van der Waals surface area contributed by atoms with E-state index < -0.39 is 6.10 Å². The lowest BCUT2D eigenvalue weighted by Gasteiger charge is -2.11. The van der Waals surface area contributed by atoms with Gasteiger partial charge in [-0.25, -0.2) is 0 Å². The van der Waals surface area contributed by atoms with E-state index in [1.807, 2.05) is 61.1 Å². The van der Waals surface area contributed by atoms with Crippen LogP contribution in [0.1, 0.15) is 27.6 Å². The number of hydrogen-bond donors (Lipinski definition) is 2. The highest BCUT2D eigenvalue weighted by Crippen LogP contribution is 2.25. The number of nitrogens with one attached hydrogen (secondary N) is 1. The Bertz CT molecular complexity index is 834. The van der Waals surface area contributed by atoms with Gasteiger partial charge in [0.2, 0.25) is 0 Å². The summed E-state index contributed by atoms with van der Waals surface area (Å²) < 4.78 is 1.98. The Kier molecular flexibility index (Phi) is 4.17. The van der Waals surface area contributed by atoms with Crippen molar-refractivity contribution >= 4 is 16.8 Å². The number of benzene rings is 2. The van der Waals surface area contributed by atoms with E-state index in [1.54, 1.807) is 12.1 Å². The number of hydrogen-bond acceptors (Lipinski definition) is 2.